The number of nitrogens with one attached hydrogen (secondary N) is 1. The van der Waals surface area contributed by atoms with Crippen molar-refractivity contribution in [3.05, 3.63) is 58.3 Å². The van der Waals surface area contributed by atoms with Crippen LogP contribution in [0.1, 0.15) is 34.5 Å². The lowest BCUT2D eigenvalue weighted by Crippen LogP contribution is -2.14. The minimum absolute atomic E-state index is 0.0420. The monoisotopic (exact) mass is 389 g/mol. The average molecular weight is 390 g/mol. The molecule has 2 aromatic carbocycles. The molecule has 0 unspecified atom stereocenters. The first-order chi connectivity index (χ1) is 12.3. The molecule has 5 nitrogen and oxygen atoms in total. The summed E-state index contributed by atoms with van der Waals surface area (Å²) in [7, 11) is -3.76. The summed E-state index contributed by atoms with van der Waals surface area (Å²) < 4.78 is 33.7. The number of furan rings is 1. The Morgan fingerprint density at radius 3 is 2.58 bits per heavy atom. The third-order valence-electron chi connectivity index (χ3n) is 4.56. The number of carbonyl (C=O) groups excluding carboxylic acids is 1. The van der Waals surface area contributed by atoms with E-state index < -0.39 is 10.0 Å². The van der Waals surface area contributed by atoms with Gasteiger partial charge in [0, 0.05) is 23.3 Å². The van der Waals surface area contributed by atoms with Gasteiger partial charge in [-0.1, -0.05) is 11.6 Å². The van der Waals surface area contributed by atoms with E-state index in [1.807, 2.05) is 0 Å². The summed E-state index contributed by atoms with van der Waals surface area (Å²) in [6.45, 7) is 1.79. The third kappa shape index (κ3) is 2.89. The van der Waals surface area contributed by atoms with Crippen molar-refractivity contribution < 1.29 is 17.6 Å². The molecule has 1 heterocycles. The van der Waals surface area contributed by atoms with Crippen molar-refractivity contribution in [2.75, 3.05) is 4.72 Å². The first-order valence-electron chi connectivity index (χ1n) is 8.23. The number of Topliss-reactive ketones (excluding diaryl/α,β-unsaturated/α-hetero) is 1. The van der Waals surface area contributed by atoms with Crippen LogP contribution in [0.2, 0.25) is 5.02 Å². The van der Waals surface area contributed by atoms with Crippen LogP contribution in [0.15, 0.2) is 45.7 Å². The highest BCUT2D eigenvalue weighted by atomic mass is 35.5. The van der Waals surface area contributed by atoms with Crippen LogP contribution >= 0.6 is 11.6 Å². The number of halogens is 1. The molecule has 0 bridgehead atoms. The quantitative estimate of drug-likeness (QED) is 0.703. The number of carbonyl (C=O) groups is 1. The van der Waals surface area contributed by atoms with Gasteiger partial charge in [-0.05, 0) is 55.3 Å². The summed E-state index contributed by atoms with van der Waals surface area (Å²) in [6, 6.07) is 9.39. The number of rotatable bonds is 3. The maximum absolute atomic E-state index is 12.6. The second-order valence-corrected chi connectivity index (χ2v) is 8.52. The Kier molecular flexibility index (Phi) is 4.04. The molecule has 0 spiro atoms. The molecule has 3 aromatic rings. The zero-order valence-corrected chi connectivity index (χ0v) is 15.6. The topological polar surface area (TPSA) is 76.4 Å². The van der Waals surface area contributed by atoms with E-state index in [1.54, 1.807) is 19.1 Å². The number of anilines is 1. The minimum Gasteiger partial charge on any atom is -0.460 e. The zero-order chi connectivity index (χ0) is 18.5. The van der Waals surface area contributed by atoms with Crippen molar-refractivity contribution in [3.63, 3.8) is 0 Å². The van der Waals surface area contributed by atoms with Gasteiger partial charge < -0.3 is 4.42 Å². The van der Waals surface area contributed by atoms with E-state index in [4.69, 9.17) is 16.0 Å². The molecule has 0 saturated carbocycles. The summed E-state index contributed by atoms with van der Waals surface area (Å²) in [6.07, 6.45) is 1.99. The van der Waals surface area contributed by atoms with Crippen molar-refractivity contribution in [2.24, 2.45) is 0 Å². The Balaban J connectivity index is 1.79. The first kappa shape index (κ1) is 17.1. The normalized spacial score (nSPS) is 14.5. The van der Waals surface area contributed by atoms with Crippen molar-refractivity contribution >= 4 is 44.1 Å². The molecule has 0 saturated heterocycles. The first-order valence-corrected chi connectivity index (χ1v) is 10.1. The molecule has 1 aromatic heterocycles. The number of sulfonamides is 1. The number of benzene rings is 2. The third-order valence-corrected chi connectivity index (χ3v) is 6.20. The molecule has 1 N–H and O–H groups in total. The molecule has 4 rings (SSSR count). The fourth-order valence-corrected chi connectivity index (χ4v) is 4.49. The number of ketones is 1. The smallest absolute Gasteiger partial charge is 0.261 e. The number of hydrogen-bond donors (Lipinski definition) is 1. The van der Waals surface area contributed by atoms with Gasteiger partial charge in [-0.2, -0.15) is 0 Å². The SMILES string of the molecule is Cc1cc2oc3c(c2cc1NS(=O)(=O)c1ccc(Cl)cc1)C(=O)CCC3. The number of hydrogen-bond acceptors (Lipinski definition) is 4. The van der Waals surface area contributed by atoms with Crippen molar-refractivity contribution in [1.82, 2.24) is 0 Å². The second kappa shape index (κ2) is 6.14. The van der Waals surface area contributed by atoms with Crippen LogP contribution in [0.25, 0.3) is 11.0 Å². The molecule has 0 radical (unpaired) electrons. The summed E-state index contributed by atoms with van der Waals surface area (Å²) in [5.74, 6) is 0.730. The molecule has 134 valence electrons. The van der Waals surface area contributed by atoms with E-state index in [2.05, 4.69) is 4.72 Å². The number of fused-ring (bicyclic) bond motifs is 3. The highest BCUT2D eigenvalue weighted by Crippen LogP contribution is 2.35. The van der Waals surface area contributed by atoms with E-state index in [1.165, 1.54) is 24.3 Å². The molecule has 0 atom stereocenters. The molecule has 0 aliphatic heterocycles. The average Bonchev–Trinajstić information content (AvgIpc) is 2.94. The molecule has 26 heavy (non-hydrogen) atoms. The van der Waals surface area contributed by atoms with Crippen LogP contribution in [-0.4, -0.2) is 14.2 Å². The van der Waals surface area contributed by atoms with E-state index >= 15 is 0 Å². The van der Waals surface area contributed by atoms with Gasteiger partial charge in [-0.15, -0.1) is 0 Å². The van der Waals surface area contributed by atoms with Gasteiger partial charge in [0.15, 0.2) is 5.78 Å². The van der Waals surface area contributed by atoms with Crippen LogP contribution < -0.4 is 4.72 Å². The fourth-order valence-electron chi connectivity index (χ4n) is 3.24. The maximum Gasteiger partial charge on any atom is 0.261 e. The van der Waals surface area contributed by atoms with Crippen LogP contribution in [0.4, 0.5) is 5.69 Å². The number of aryl methyl sites for hydroxylation is 2. The van der Waals surface area contributed by atoms with Gasteiger partial charge >= 0.3 is 0 Å². The summed E-state index contributed by atoms with van der Waals surface area (Å²) >= 11 is 5.82. The van der Waals surface area contributed by atoms with Gasteiger partial charge in [-0.3, -0.25) is 9.52 Å². The van der Waals surface area contributed by atoms with Crippen molar-refractivity contribution in [3.8, 4) is 0 Å². The van der Waals surface area contributed by atoms with Crippen LogP contribution in [0.5, 0.6) is 0 Å². The zero-order valence-electron chi connectivity index (χ0n) is 14.0. The minimum atomic E-state index is -3.76. The predicted octanol–water partition coefficient (Wildman–Crippen LogP) is 4.71. The molecule has 7 heteroatoms. The van der Waals surface area contributed by atoms with Gasteiger partial charge in [0.1, 0.15) is 11.3 Å². The standard InChI is InChI=1S/C19H16ClNO4S/c1-11-9-18-14(19-16(22)3-2-4-17(19)25-18)10-15(11)21-26(23,24)13-7-5-12(20)6-8-13/h5-10,21H,2-4H2,1H3. The highest BCUT2D eigenvalue weighted by Gasteiger charge is 2.25. The Labute approximate surface area is 156 Å². The molecular formula is C19H16ClNO4S. The molecule has 0 amide bonds. The van der Waals surface area contributed by atoms with Gasteiger partial charge in [-0.25, -0.2) is 8.42 Å². The van der Waals surface area contributed by atoms with E-state index in [-0.39, 0.29) is 10.7 Å². The lowest BCUT2D eigenvalue weighted by atomic mass is 9.94. The highest BCUT2D eigenvalue weighted by molar-refractivity contribution is 7.92. The lowest BCUT2D eigenvalue weighted by Gasteiger charge is -2.11. The van der Waals surface area contributed by atoms with Crippen LogP contribution in [0.3, 0.4) is 0 Å². The van der Waals surface area contributed by atoms with Gasteiger partial charge in [0.25, 0.3) is 10.0 Å². The maximum atomic E-state index is 12.6. The van der Waals surface area contributed by atoms with Crippen LogP contribution in [-0.2, 0) is 16.4 Å². The van der Waals surface area contributed by atoms with Gasteiger partial charge in [0.05, 0.1) is 16.1 Å². The Morgan fingerprint density at radius 1 is 1.12 bits per heavy atom. The largest absolute Gasteiger partial charge is 0.460 e. The predicted molar refractivity (Wildman–Crippen MR) is 100 cm³/mol. The molecular weight excluding hydrogens is 374 g/mol. The van der Waals surface area contributed by atoms with E-state index in [0.717, 1.165) is 12.8 Å². The lowest BCUT2D eigenvalue weighted by molar-refractivity contribution is 0.0971. The Morgan fingerprint density at radius 2 is 1.85 bits per heavy atom. The Bertz CT molecular complexity index is 1130. The van der Waals surface area contributed by atoms with E-state index in [0.29, 0.717) is 45.0 Å². The summed E-state index contributed by atoms with van der Waals surface area (Å²) in [4.78, 5) is 12.4. The van der Waals surface area contributed by atoms with Gasteiger partial charge in [0.2, 0.25) is 0 Å². The molecule has 1 aliphatic carbocycles. The Hall–Kier alpha value is -2.31. The summed E-state index contributed by atoms with van der Waals surface area (Å²) in [5.41, 5.74) is 2.33. The summed E-state index contributed by atoms with van der Waals surface area (Å²) in [5, 5.41) is 1.12. The van der Waals surface area contributed by atoms with E-state index in [9.17, 15) is 13.2 Å². The molecule has 0 fully saturated rings. The fraction of sp³-hybridized carbons (Fsp3) is 0.211. The van der Waals surface area contributed by atoms with Crippen LogP contribution in [0, 0.1) is 6.92 Å². The van der Waals surface area contributed by atoms with Crippen molar-refractivity contribution in [1.29, 1.82) is 0 Å². The molecule has 1 aliphatic rings. The van der Waals surface area contributed by atoms with Crippen molar-refractivity contribution in [2.45, 2.75) is 31.1 Å². The second-order valence-electron chi connectivity index (χ2n) is 6.40.